The number of nitrogens with zero attached hydrogens (tertiary/aromatic N) is 2. The van der Waals surface area contributed by atoms with Crippen LogP contribution in [0.15, 0.2) is 29.3 Å². The van der Waals surface area contributed by atoms with Gasteiger partial charge in [-0.25, -0.2) is 0 Å². The van der Waals surface area contributed by atoms with Gasteiger partial charge in [0.05, 0.1) is 6.61 Å². The maximum Gasteiger partial charge on any atom is 0.193 e. The van der Waals surface area contributed by atoms with Gasteiger partial charge in [0.2, 0.25) is 0 Å². The Morgan fingerprint density at radius 3 is 2.35 bits per heavy atom. The van der Waals surface area contributed by atoms with Crippen molar-refractivity contribution in [3.8, 4) is 5.75 Å². The summed E-state index contributed by atoms with van der Waals surface area (Å²) >= 11 is 0. The zero-order valence-electron chi connectivity index (χ0n) is 15.4. The second-order valence-electron chi connectivity index (χ2n) is 6.58. The van der Waals surface area contributed by atoms with Crippen molar-refractivity contribution in [2.75, 3.05) is 33.8 Å². The average molecular weight is 320 g/mol. The standard InChI is InChI=1S/C18H32N4O/c1-7-23-16-10-8-15(9-11-16)14-22(6)17(19-5)20-12-13-21-18(2,3)4/h8-11,21H,7,12-14H2,1-6H3,(H,19,20). The third-order valence-electron chi connectivity index (χ3n) is 3.29. The monoisotopic (exact) mass is 320 g/mol. The first-order valence-corrected chi connectivity index (χ1v) is 8.24. The van der Waals surface area contributed by atoms with Gasteiger partial charge in [-0.1, -0.05) is 12.1 Å². The third kappa shape index (κ3) is 7.88. The second-order valence-corrected chi connectivity index (χ2v) is 6.58. The average Bonchev–Trinajstić information content (AvgIpc) is 2.48. The quantitative estimate of drug-likeness (QED) is 0.460. The maximum absolute atomic E-state index is 5.47. The SMILES string of the molecule is CCOc1ccc(CN(C)C(=NC)NCCNC(C)(C)C)cc1. The first-order chi connectivity index (χ1) is 10.9. The molecule has 2 N–H and O–H groups in total. The van der Waals surface area contributed by atoms with Crippen molar-refractivity contribution in [1.82, 2.24) is 15.5 Å². The fourth-order valence-electron chi connectivity index (χ4n) is 2.20. The Morgan fingerprint density at radius 1 is 1.17 bits per heavy atom. The number of hydrogen-bond donors (Lipinski definition) is 2. The van der Waals surface area contributed by atoms with Crippen LogP contribution in [0.1, 0.15) is 33.3 Å². The number of nitrogens with one attached hydrogen (secondary N) is 2. The molecule has 130 valence electrons. The van der Waals surface area contributed by atoms with E-state index in [2.05, 4.69) is 53.4 Å². The van der Waals surface area contributed by atoms with E-state index in [0.29, 0.717) is 6.61 Å². The van der Waals surface area contributed by atoms with Gasteiger partial charge in [-0.15, -0.1) is 0 Å². The lowest BCUT2D eigenvalue weighted by molar-refractivity contribution is 0.340. The molecule has 0 radical (unpaired) electrons. The van der Waals surface area contributed by atoms with E-state index < -0.39 is 0 Å². The summed E-state index contributed by atoms with van der Waals surface area (Å²) in [5, 5.41) is 6.84. The molecule has 0 bridgehead atoms. The van der Waals surface area contributed by atoms with Crippen molar-refractivity contribution < 1.29 is 4.74 Å². The number of hydrogen-bond acceptors (Lipinski definition) is 3. The highest BCUT2D eigenvalue weighted by molar-refractivity contribution is 5.79. The zero-order valence-corrected chi connectivity index (χ0v) is 15.4. The van der Waals surface area contributed by atoms with Crippen LogP contribution in [0.5, 0.6) is 5.75 Å². The first kappa shape index (κ1) is 19.3. The first-order valence-electron chi connectivity index (χ1n) is 8.24. The van der Waals surface area contributed by atoms with E-state index >= 15 is 0 Å². The molecule has 1 rings (SSSR count). The Morgan fingerprint density at radius 2 is 1.83 bits per heavy atom. The van der Waals surface area contributed by atoms with E-state index in [9.17, 15) is 0 Å². The summed E-state index contributed by atoms with van der Waals surface area (Å²) in [6.45, 7) is 11.7. The molecule has 0 fully saturated rings. The molecule has 5 heteroatoms. The minimum atomic E-state index is 0.138. The Labute approximate surface area is 141 Å². The largest absolute Gasteiger partial charge is 0.494 e. The Hall–Kier alpha value is -1.75. The Balaban J connectivity index is 2.45. The molecule has 0 aliphatic heterocycles. The molecule has 0 heterocycles. The van der Waals surface area contributed by atoms with Crippen molar-refractivity contribution in [2.24, 2.45) is 4.99 Å². The number of rotatable bonds is 7. The molecule has 1 aromatic rings. The van der Waals surface area contributed by atoms with Gasteiger partial charge in [0.25, 0.3) is 0 Å². The van der Waals surface area contributed by atoms with Crippen LogP contribution >= 0.6 is 0 Å². The van der Waals surface area contributed by atoms with Crippen molar-refractivity contribution in [3.05, 3.63) is 29.8 Å². The van der Waals surface area contributed by atoms with E-state index in [4.69, 9.17) is 4.74 Å². The molecule has 0 unspecified atom stereocenters. The number of benzene rings is 1. The van der Waals surface area contributed by atoms with E-state index in [-0.39, 0.29) is 5.54 Å². The van der Waals surface area contributed by atoms with E-state index in [1.54, 1.807) is 0 Å². The molecule has 0 atom stereocenters. The van der Waals surface area contributed by atoms with Crippen LogP contribution in [-0.4, -0.2) is 50.2 Å². The maximum atomic E-state index is 5.47. The molecule has 5 nitrogen and oxygen atoms in total. The number of guanidine groups is 1. The lowest BCUT2D eigenvalue weighted by Crippen LogP contribution is -2.44. The minimum Gasteiger partial charge on any atom is -0.494 e. The van der Waals surface area contributed by atoms with Gasteiger partial charge >= 0.3 is 0 Å². The van der Waals surface area contributed by atoms with Crippen molar-refractivity contribution in [3.63, 3.8) is 0 Å². The van der Waals surface area contributed by atoms with Gasteiger partial charge < -0.3 is 20.3 Å². The van der Waals surface area contributed by atoms with Crippen LogP contribution in [0.25, 0.3) is 0 Å². The summed E-state index contributed by atoms with van der Waals surface area (Å²) in [5.74, 6) is 1.81. The lowest BCUT2D eigenvalue weighted by Gasteiger charge is -2.24. The molecule has 0 saturated heterocycles. The second kappa shape index (κ2) is 9.40. The topological polar surface area (TPSA) is 48.9 Å². The predicted octanol–water partition coefficient (Wildman–Crippen LogP) is 2.48. The summed E-state index contributed by atoms with van der Waals surface area (Å²) in [6, 6.07) is 8.21. The highest BCUT2D eigenvalue weighted by Crippen LogP contribution is 2.13. The molecule has 23 heavy (non-hydrogen) atoms. The molecule has 0 spiro atoms. The highest BCUT2D eigenvalue weighted by atomic mass is 16.5. The van der Waals surface area contributed by atoms with Crippen molar-refractivity contribution in [2.45, 2.75) is 39.8 Å². The van der Waals surface area contributed by atoms with Crippen LogP contribution in [0.4, 0.5) is 0 Å². The lowest BCUT2D eigenvalue weighted by atomic mass is 10.1. The fraction of sp³-hybridized carbons (Fsp3) is 0.611. The Bertz CT molecular complexity index is 477. The summed E-state index contributed by atoms with van der Waals surface area (Å²) < 4.78 is 5.47. The van der Waals surface area contributed by atoms with Gasteiger partial charge in [-0.2, -0.15) is 0 Å². The van der Waals surface area contributed by atoms with Crippen LogP contribution in [-0.2, 0) is 6.54 Å². The van der Waals surface area contributed by atoms with E-state index in [0.717, 1.165) is 31.3 Å². The van der Waals surface area contributed by atoms with E-state index in [1.165, 1.54) is 5.56 Å². The summed E-state index contributed by atoms with van der Waals surface area (Å²) in [4.78, 5) is 6.46. The van der Waals surface area contributed by atoms with Gasteiger partial charge in [0.15, 0.2) is 5.96 Å². The summed E-state index contributed by atoms with van der Waals surface area (Å²) in [5.41, 5.74) is 1.37. The van der Waals surface area contributed by atoms with Crippen molar-refractivity contribution in [1.29, 1.82) is 0 Å². The smallest absolute Gasteiger partial charge is 0.193 e. The zero-order chi connectivity index (χ0) is 17.3. The van der Waals surface area contributed by atoms with Gasteiger partial charge in [-0.3, -0.25) is 4.99 Å². The van der Waals surface area contributed by atoms with Crippen molar-refractivity contribution >= 4 is 5.96 Å². The molecular weight excluding hydrogens is 288 g/mol. The molecule has 1 aromatic carbocycles. The normalized spacial score (nSPS) is 12.2. The Kier molecular flexibility index (Phi) is 7.89. The van der Waals surface area contributed by atoms with Gasteiger partial charge in [0, 0.05) is 39.3 Å². The number of aliphatic imine (C=N–C) groups is 1. The number of ether oxygens (including phenoxy) is 1. The molecule has 0 aliphatic rings. The molecule has 0 saturated carbocycles. The van der Waals surface area contributed by atoms with E-state index in [1.807, 2.05) is 33.2 Å². The molecule has 0 aliphatic carbocycles. The van der Waals surface area contributed by atoms with Crippen LogP contribution in [0.3, 0.4) is 0 Å². The van der Waals surface area contributed by atoms with Gasteiger partial charge in [-0.05, 0) is 45.4 Å². The van der Waals surface area contributed by atoms with Crippen LogP contribution < -0.4 is 15.4 Å². The van der Waals surface area contributed by atoms with Crippen LogP contribution in [0, 0.1) is 0 Å². The van der Waals surface area contributed by atoms with Gasteiger partial charge in [0.1, 0.15) is 5.75 Å². The summed E-state index contributed by atoms with van der Waals surface area (Å²) in [7, 11) is 3.86. The van der Waals surface area contributed by atoms with Crippen LogP contribution in [0.2, 0.25) is 0 Å². The third-order valence-corrected chi connectivity index (χ3v) is 3.29. The minimum absolute atomic E-state index is 0.138. The summed E-state index contributed by atoms with van der Waals surface area (Å²) in [6.07, 6.45) is 0. The predicted molar refractivity (Wildman–Crippen MR) is 98.2 cm³/mol. The highest BCUT2D eigenvalue weighted by Gasteiger charge is 2.09. The molecular formula is C18H32N4O. The molecule has 0 aromatic heterocycles. The molecule has 0 amide bonds. The fourth-order valence-corrected chi connectivity index (χ4v) is 2.20.